The number of aromatic nitrogens is 4. The molecule has 29 heavy (non-hydrogen) atoms. The van der Waals surface area contributed by atoms with Gasteiger partial charge < -0.3 is 20.3 Å². The minimum atomic E-state index is 0. The Morgan fingerprint density at radius 1 is 1.03 bits per heavy atom. The molecule has 1 aliphatic rings. The second kappa shape index (κ2) is 8.48. The number of rotatable bonds is 6. The number of nitrogens with zero attached hydrogens (tertiary/aromatic N) is 4. The molecule has 8 heteroatoms. The molecular formula is C21H29N7O. The second-order valence-electron chi connectivity index (χ2n) is 7.50. The number of hydrogen-bond donors (Lipinski definition) is 3. The van der Waals surface area contributed by atoms with Crippen molar-refractivity contribution in [2.45, 2.75) is 25.8 Å². The van der Waals surface area contributed by atoms with Gasteiger partial charge in [0.05, 0.1) is 0 Å². The minimum Gasteiger partial charge on any atom is -0.381 e. The Hall–Kier alpha value is -3.13. The number of benzene rings is 1. The molecule has 0 aliphatic carbocycles. The lowest BCUT2D eigenvalue weighted by molar-refractivity contribution is 0.0904. The van der Waals surface area contributed by atoms with Gasteiger partial charge in [-0.3, -0.25) is 5.10 Å². The maximum atomic E-state index is 5.47. The van der Waals surface area contributed by atoms with Gasteiger partial charge in [-0.1, -0.05) is 0 Å². The van der Waals surface area contributed by atoms with Crippen molar-refractivity contribution in [2.75, 3.05) is 42.8 Å². The fourth-order valence-corrected chi connectivity index (χ4v) is 3.29. The molecule has 0 bridgehead atoms. The van der Waals surface area contributed by atoms with E-state index in [0.717, 1.165) is 54.6 Å². The smallest absolute Gasteiger partial charge is 0.163 e. The van der Waals surface area contributed by atoms with Crippen molar-refractivity contribution in [1.82, 2.24) is 20.2 Å². The van der Waals surface area contributed by atoms with Gasteiger partial charge in [-0.25, -0.2) is 9.97 Å². The van der Waals surface area contributed by atoms with Crippen molar-refractivity contribution in [2.24, 2.45) is 0 Å². The van der Waals surface area contributed by atoms with Crippen LogP contribution in [0.2, 0.25) is 0 Å². The van der Waals surface area contributed by atoms with E-state index < -0.39 is 0 Å². The molecule has 4 rings (SSSR count). The van der Waals surface area contributed by atoms with Gasteiger partial charge in [0, 0.05) is 63.9 Å². The quantitative estimate of drug-likeness (QED) is 0.584. The molecule has 1 aliphatic heterocycles. The van der Waals surface area contributed by atoms with Crippen molar-refractivity contribution in [3.63, 3.8) is 0 Å². The Bertz CT molecular complexity index is 952. The van der Waals surface area contributed by atoms with Gasteiger partial charge in [0.1, 0.15) is 11.6 Å². The van der Waals surface area contributed by atoms with E-state index in [2.05, 4.69) is 37.9 Å². The molecule has 2 aromatic heterocycles. The molecule has 8 nitrogen and oxygen atoms in total. The molecule has 1 saturated heterocycles. The van der Waals surface area contributed by atoms with Gasteiger partial charge in [0.15, 0.2) is 11.6 Å². The van der Waals surface area contributed by atoms with Crippen LogP contribution in [0, 0.1) is 6.92 Å². The zero-order chi connectivity index (χ0) is 20.2. The Balaban J connectivity index is 0.00000256. The fraction of sp³-hybridized carbons (Fsp3) is 0.381. The minimum absolute atomic E-state index is 0. The van der Waals surface area contributed by atoms with Crippen molar-refractivity contribution >= 4 is 23.1 Å². The molecule has 1 aromatic carbocycles. The zero-order valence-electron chi connectivity index (χ0n) is 17.1. The summed E-state index contributed by atoms with van der Waals surface area (Å²) in [6.07, 6.45) is 1.94. The molecule has 0 unspecified atom stereocenters. The molecule has 0 amide bonds. The predicted molar refractivity (Wildman–Crippen MR) is 118 cm³/mol. The Morgan fingerprint density at radius 3 is 2.41 bits per heavy atom. The summed E-state index contributed by atoms with van der Waals surface area (Å²) >= 11 is 0. The molecule has 3 N–H and O–H groups in total. The van der Waals surface area contributed by atoms with E-state index in [1.807, 2.05) is 45.3 Å². The lowest BCUT2D eigenvalue weighted by Crippen LogP contribution is -2.28. The van der Waals surface area contributed by atoms with Crippen LogP contribution in [0.3, 0.4) is 0 Å². The first-order valence-electron chi connectivity index (χ1n) is 9.87. The fourth-order valence-electron chi connectivity index (χ4n) is 3.29. The maximum absolute atomic E-state index is 5.47. The van der Waals surface area contributed by atoms with E-state index in [-0.39, 0.29) is 1.43 Å². The molecule has 1 fully saturated rings. The van der Waals surface area contributed by atoms with Gasteiger partial charge >= 0.3 is 0 Å². The first-order valence-corrected chi connectivity index (χ1v) is 9.87. The standard InChI is InChI=1S/C21H27N7O.H2/c1-14-12-20(27-26-14)23-19-13-18(22-16-8-10-29-11-9-16)24-21(25-19)15-4-6-17(7-5-15)28(2)3;/h4-7,12-13,16H,8-11H2,1-3H3,(H3,22,23,24,25,26,27);1H. The van der Waals surface area contributed by atoms with Crippen LogP contribution in [-0.2, 0) is 4.74 Å². The lowest BCUT2D eigenvalue weighted by atomic mass is 10.1. The highest BCUT2D eigenvalue weighted by molar-refractivity contribution is 5.66. The first kappa shape index (κ1) is 19.2. The Labute approximate surface area is 172 Å². The number of aryl methyl sites for hydroxylation is 1. The predicted octanol–water partition coefficient (Wildman–Crippen LogP) is 3.82. The van der Waals surface area contributed by atoms with Gasteiger partial charge in [0.2, 0.25) is 0 Å². The van der Waals surface area contributed by atoms with Crippen LogP contribution >= 0.6 is 0 Å². The van der Waals surface area contributed by atoms with Crippen molar-refractivity contribution in [3.8, 4) is 11.4 Å². The van der Waals surface area contributed by atoms with Crippen LogP contribution < -0.4 is 15.5 Å². The van der Waals surface area contributed by atoms with Gasteiger partial charge in [-0.05, 0) is 44.0 Å². The largest absolute Gasteiger partial charge is 0.381 e. The van der Waals surface area contributed by atoms with Crippen LogP contribution in [0.4, 0.5) is 23.1 Å². The highest BCUT2D eigenvalue weighted by Gasteiger charge is 2.16. The van der Waals surface area contributed by atoms with Gasteiger partial charge in [-0.15, -0.1) is 0 Å². The third kappa shape index (κ3) is 4.83. The Morgan fingerprint density at radius 2 is 1.76 bits per heavy atom. The van der Waals surface area contributed by atoms with E-state index in [1.165, 1.54) is 0 Å². The molecular weight excluding hydrogens is 366 g/mol. The topological polar surface area (TPSA) is 91.0 Å². The summed E-state index contributed by atoms with van der Waals surface area (Å²) in [7, 11) is 4.05. The van der Waals surface area contributed by atoms with Crippen LogP contribution in [0.15, 0.2) is 36.4 Å². The van der Waals surface area contributed by atoms with Crippen molar-refractivity contribution < 1.29 is 6.16 Å². The highest BCUT2D eigenvalue weighted by Crippen LogP contribution is 2.25. The zero-order valence-corrected chi connectivity index (χ0v) is 17.1. The van der Waals surface area contributed by atoms with E-state index >= 15 is 0 Å². The highest BCUT2D eigenvalue weighted by atomic mass is 16.5. The third-order valence-corrected chi connectivity index (χ3v) is 4.90. The summed E-state index contributed by atoms with van der Waals surface area (Å²) in [6.45, 7) is 3.52. The average Bonchev–Trinajstić information content (AvgIpc) is 3.13. The van der Waals surface area contributed by atoms with E-state index in [1.54, 1.807) is 0 Å². The number of aromatic amines is 1. The Kier molecular flexibility index (Phi) is 5.62. The summed E-state index contributed by atoms with van der Waals surface area (Å²) in [4.78, 5) is 11.6. The van der Waals surface area contributed by atoms with Crippen LogP contribution in [0.25, 0.3) is 11.4 Å². The van der Waals surface area contributed by atoms with Crippen LogP contribution in [0.5, 0.6) is 0 Å². The van der Waals surface area contributed by atoms with Gasteiger partial charge in [0.25, 0.3) is 0 Å². The van der Waals surface area contributed by atoms with Crippen LogP contribution in [0.1, 0.15) is 20.0 Å². The summed E-state index contributed by atoms with van der Waals surface area (Å²) in [5, 5.41) is 14.0. The molecule has 3 heterocycles. The average molecular weight is 396 g/mol. The normalized spacial score (nSPS) is 14.6. The summed E-state index contributed by atoms with van der Waals surface area (Å²) in [6, 6.07) is 12.5. The van der Waals surface area contributed by atoms with Crippen molar-refractivity contribution in [3.05, 3.63) is 42.1 Å². The summed E-state index contributed by atoms with van der Waals surface area (Å²) in [5.74, 6) is 2.90. The number of anilines is 4. The van der Waals surface area contributed by atoms with Crippen molar-refractivity contribution in [1.29, 1.82) is 0 Å². The van der Waals surface area contributed by atoms with E-state index in [4.69, 9.17) is 14.7 Å². The molecule has 0 radical (unpaired) electrons. The lowest BCUT2D eigenvalue weighted by Gasteiger charge is -2.24. The third-order valence-electron chi connectivity index (χ3n) is 4.90. The van der Waals surface area contributed by atoms with Crippen LogP contribution in [-0.4, -0.2) is 53.5 Å². The molecule has 0 atom stereocenters. The monoisotopic (exact) mass is 395 g/mol. The SMILES string of the molecule is Cc1cc(Nc2cc(NC3CCOCC3)nc(-c3ccc(N(C)C)cc3)n2)n[nH]1.[HH]. The molecule has 154 valence electrons. The summed E-state index contributed by atoms with van der Waals surface area (Å²) < 4.78 is 5.47. The molecule has 0 saturated carbocycles. The summed E-state index contributed by atoms with van der Waals surface area (Å²) in [5.41, 5.74) is 3.09. The number of nitrogens with one attached hydrogen (secondary N) is 3. The van der Waals surface area contributed by atoms with E-state index in [9.17, 15) is 0 Å². The maximum Gasteiger partial charge on any atom is 0.163 e. The second-order valence-corrected chi connectivity index (χ2v) is 7.50. The van der Waals surface area contributed by atoms with E-state index in [0.29, 0.717) is 17.7 Å². The van der Waals surface area contributed by atoms with Gasteiger partial charge in [-0.2, -0.15) is 5.10 Å². The molecule has 0 spiro atoms. The number of H-pyrrole nitrogens is 1. The number of hydrogen-bond acceptors (Lipinski definition) is 7. The number of ether oxygens (including phenoxy) is 1. The molecule has 3 aromatic rings. The first-order chi connectivity index (χ1) is 14.1.